The van der Waals surface area contributed by atoms with Crippen LogP contribution in [0.25, 0.3) is 0 Å². The summed E-state index contributed by atoms with van der Waals surface area (Å²) in [7, 11) is 0. The molecule has 1 aliphatic rings. The minimum Gasteiger partial charge on any atom is -0.480 e. The number of hydrogen-bond acceptors (Lipinski definition) is 3. The van der Waals surface area contributed by atoms with Crippen molar-refractivity contribution in [2.24, 2.45) is 5.92 Å². The van der Waals surface area contributed by atoms with Crippen LogP contribution in [0.15, 0.2) is 18.2 Å². The van der Waals surface area contributed by atoms with E-state index in [1.165, 1.54) is 6.07 Å². The van der Waals surface area contributed by atoms with Crippen LogP contribution in [0.4, 0.5) is 0 Å². The number of amides is 1. The van der Waals surface area contributed by atoms with Gasteiger partial charge in [0.15, 0.2) is 0 Å². The number of pyridine rings is 1. The summed E-state index contributed by atoms with van der Waals surface area (Å²) in [6.45, 7) is 2.09. The van der Waals surface area contributed by atoms with Crippen molar-refractivity contribution < 1.29 is 14.7 Å². The maximum absolute atomic E-state index is 12.2. The molecule has 1 aromatic heterocycles. The molecule has 0 saturated heterocycles. The fourth-order valence-electron chi connectivity index (χ4n) is 2.46. The summed E-state index contributed by atoms with van der Waals surface area (Å²) in [5.74, 6) is -0.993. The van der Waals surface area contributed by atoms with Gasteiger partial charge in [0.05, 0.1) is 0 Å². The number of nitrogens with zero attached hydrogens (tertiary/aromatic N) is 1. The quantitative estimate of drug-likeness (QED) is 0.840. The van der Waals surface area contributed by atoms with E-state index in [9.17, 15) is 14.7 Å². The van der Waals surface area contributed by atoms with Crippen LogP contribution in [-0.2, 0) is 4.79 Å². The van der Waals surface area contributed by atoms with Crippen LogP contribution < -0.4 is 5.32 Å². The topological polar surface area (TPSA) is 79.3 Å². The Bertz CT molecular complexity index is 525. The van der Waals surface area contributed by atoms with Crippen molar-refractivity contribution in [3.8, 4) is 0 Å². The summed E-state index contributed by atoms with van der Waals surface area (Å²) < 4.78 is 0. The molecule has 20 heavy (non-hydrogen) atoms. The second-order valence-electron chi connectivity index (χ2n) is 5.37. The fourth-order valence-corrected chi connectivity index (χ4v) is 2.63. The van der Waals surface area contributed by atoms with Gasteiger partial charge in [-0.05, 0) is 43.7 Å². The van der Waals surface area contributed by atoms with Crippen LogP contribution in [0.3, 0.4) is 0 Å². The second-order valence-corrected chi connectivity index (χ2v) is 5.76. The second kappa shape index (κ2) is 5.79. The molecule has 1 aromatic rings. The highest BCUT2D eigenvalue weighted by Crippen LogP contribution is 2.32. The third kappa shape index (κ3) is 3.10. The number of carbonyl (C=O) groups is 2. The number of carboxylic acids is 1. The molecular weight excluding hydrogens is 280 g/mol. The van der Waals surface area contributed by atoms with Crippen LogP contribution in [0.5, 0.6) is 0 Å². The predicted octanol–water partition coefficient (Wildman–Crippen LogP) is 2.50. The Morgan fingerprint density at radius 2 is 2.05 bits per heavy atom. The van der Waals surface area contributed by atoms with Crippen molar-refractivity contribution in [3.05, 3.63) is 29.0 Å². The van der Waals surface area contributed by atoms with Crippen molar-refractivity contribution in [1.82, 2.24) is 10.3 Å². The summed E-state index contributed by atoms with van der Waals surface area (Å²) >= 11 is 5.74. The van der Waals surface area contributed by atoms with Crippen molar-refractivity contribution >= 4 is 23.5 Å². The minimum atomic E-state index is -1.19. The van der Waals surface area contributed by atoms with E-state index in [1.54, 1.807) is 12.1 Å². The van der Waals surface area contributed by atoms with Gasteiger partial charge in [-0.3, -0.25) is 4.79 Å². The molecule has 0 radical (unpaired) electrons. The molecule has 1 heterocycles. The largest absolute Gasteiger partial charge is 0.480 e. The molecule has 2 N–H and O–H groups in total. The summed E-state index contributed by atoms with van der Waals surface area (Å²) in [6, 6.07) is 4.69. The van der Waals surface area contributed by atoms with Crippen LogP contribution >= 0.6 is 11.6 Å². The Labute approximate surface area is 122 Å². The minimum absolute atomic E-state index is 0.136. The van der Waals surface area contributed by atoms with Crippen LogP contribution in [0.2, 0.25) is 5.15 Å². The van der Waals surface area contributed by atoms with E-state index in [4.69, 9.17) is 11.6 Å². The lowest BCUT2D eigenvalue weighted by Gasteiger charge is -2.36. The van der Waals surface area contributed by atoms with Gasteiger partial charge in [-0.25, -0.2) is 9.78 Å². The Morgan fingerprint density at radius 1 is 1.40 bits per heavy atom. The SMILES string of the molecule is CC1CCC(NC(=O)c2cccc(Cl)n2)(C(=O)O)CC1. The van der Waals surface area contributed by atoms with Crippen molar-refractivity contribution in [2.45, 2.75) is 38.1 Å². The molecule has 1 fully saturated rings. The highest BCUT2D eigenvalue weighted by Gasteiger charge is 2.42. The van der Waals surface area contributed by atoms with E-state index in [0.717, 1.165) is 12.8 Å². The smallest absolute Gasteiger partial charge is 0.329 e. The number of aliphatic carboxylic acids is 1. The molecule has 5 nitrogen and oxygen atoms in total. The van der Waals surface area contributed by atoms with Gasteiger partial charge in [-0.2, -0.15) is 0 Å². The predicted molar refractivity (Wildman–Crippen MR) is 74.7 cm³/mol. The molecular formula is C14H17ClN2O3. The van der Waals surface area contributed by atoms with Gasteiger partial charge < -0.3 is 10.4 Å². The zero-order valence-corrected chi connectivity index (χ0v) is 12.0. The first-order valence-electron chi connectivity index (χ1n) is 6.61. The van der Waals surface area contributed by atoms with Gasteiger partial charge in [-0.1, -0.05) is 24.6 Å². The number of carbonyl (C=O) groups excluding carboxylic acids is 1. The standard InChI is InChI=1S/C14H17ClN2O3/c1-9-5-7-14(8-6-9,13(19)20)17-12(18)10-3-2-4-11(15)16-10/h2-4,9H,5-8H2,1H3,(H,17,18)(H,19,20). The molecule has 0 aliphatic heterocycles. The monoisotopic (exact) mass is 296 g/mol. The number of aromatic nitrogens is 1. The Hall–Kier alpha value is -1.62. The summed E-state index contributed by atoms with van der Waals surface area (Å²) in [6.07, 6.45) is 2.46. The van der Waals surface area contributed by atoms with E-state index in [0.29, 0.717) is 18.8 Å². The van der Waals surface area contributed by atoms with Gasteiger partial charge >= 0.3 is 5.97 Å². The Morgan fingerprint density at radius 3 is 2.60 bits per heavy atom. The third-order valence-electron chi connectivity index (χ3n) is 3.84. The molecule has 0 unspecified atom stereocenters. The highest BCUT2D eigenvalue weighted by atomic mass is 35.5. The Kier molecular flexibility index (Phi) is 4.28. The lowest BCUT2D eigenvalue weighted by molar-refractivity contribution is -0.146. The zero-order valence-electron chi connectivity index (χ0n) is 11.2. The maximum atomic E-state index is 12.2. The molecule has 0 aromatic carbocycles. The molecule has 108 valence electrons. The number of nitrogens with one attached hydrogen (secondary N) is 1. The molecule has 1 aliphatic carbocycles. The molecule has 6 heteroatoms. The molecule has 0 bridgehead atoms. The third-order valence-corrected chi connectivity index (χ3v) is 4.05. The Balaban J connectivity index is 2.17. The van der Waals surface area contributed by atoms with Gasteiger partial charge in [0.25, 0.3) is 5.91 Å². The number of carboxylic acid groups (broad SMARTS) is 1. The van der Waals surface area contributed by atoms with Crippen LogP contribution in [-0.4, -0.2) is 27.5 Å². The first-order valence-corrected chi connectivity index (χ1v) is 6.99. The highest BCUT2D eigenvalue weighted by molar-refractivity contribution is 6.29. The van der Waals surface area contributed by atoms with Gasteiger partial charge in [0.2, 0.25) is 0 Å². The van der Waals surface area contributed by atoms with Crippen LogP contribution in [0.1, 0.15) is 43.1 Å². The van der Waals surface area contributed by atoms with Crippen LogP contribution in [0, 0.1) is 5.92 Å². The zero-order chi connectivity index (χ0) is 14.8. The normalized spacial score (nSPS) is 26.0. The summed E-state index contributed by atoms with van der Waals surface area (Å²) in [5.41, 5.74) is -1.05. The summed E-state index contributed by atoms with van der Waals surface area (Å²) in [4.78, 5) is 27.6. The number of rotatable bonds is 3. The first-order chi connectivity index (χ1) is 9.43. The maximum Gasteiger partial charge on any atom is 0.329 e. The number of hydrogen-bond donors (Lipinski definition) is 2. The first kappa shape index (κ1) is 14.8. The lowest BCUT2D eigenvalue weighted by atomic mass is 9.77. The van der Waals surface area contributed by atoms with Gasteiger partial charge in [0.1, 0.15) is 16.4 Å². The van der Waals surface area contributed by atoms with E-state index in [-0.39, 0.29) is 10.8 Å². The molecule has 1 saturated carbocycles. The lowest BCUT2D eigenvalue weighted by Crippen LogP contribution is -2.56. The molecule has 1 amide bonds. The van der Waals surface area contributed by atoms with E-state index in [2.05, 4.69) is 17.2 Å². The summed E-state index contributed by atoms with van der Waals surface area (Å²) in [5, 5.41) is 12.3. The van der Waals surface area contributed by atoms with Crippen molar-refractivity contribution in [2.75, 3.05) is 0 Å². The average Bonchev–Trinajstić information content (AvgIpc) is 2.41. The van der Waals surface area contributed by atoms with Crippen molar-refractivity contribution in [1.29, 1.82) is 0 Å². The average molecular weight is 297 g/mol. The van der Waals surface area contributed by atoms with E-state index in [1.807, 2.05) is 0 Å². The molecule has 2 rings (SSSR count). The molecule has 0 spiro atoms. The van der Waals surface area contributed by atoms with Gasteiger partial charge in [-0.15, -0.1) is 0 Å². The van der Waals surface area contributed by atoms with E-state index >= 15 is 0 Å². The van der Waals surface area contributed by atoms with Crippen molar-refractivity contribution in [3.63, 3.8) is 0 Å². The fraction of sp³-hybridized carbons (Fsp3) is 0.500. The van der Waals surface area contributed by atoms with Gasteiger partial charge in [0, 0.05) is 0 Å². The van der Waals surface area contributed by atoms with E-state index < -0.39 is 17.4 Å². The molecule has 0 atom stereocenters. The number of halogens is 1.